The summed E-state index contributed by atoms with van der Waals surface area (Å²) < 4.78 is 24.8. The molecule has 0 aliphatic heterocycles. The smallest absolute Gasteiger partial charge is 0.163 e. The van der Waals surface area contributed by atoms with E-state index in [-0.39, 0.29) is 5.82 Å². The van der Waals surface area contributed by atoms with Crippen molar-refractivity contribution >= 4 is 22.4 Å². The topological polar surface area (TPSA) is 56.3 Å². The van der Waals surface area contributed by atoms with Gasteiger partial charge < -0.3 is 14.8 Å². The largest absolute Gasteiger partial charge is 0.490 e. The Balaban J connectivity index is 2.05. The van der Waals surface area contributed by atoms with Crippen LogP contribution in [0.5, 0.6) is 11.5 Å². The maximum Gasteiger partial charge on any atom is 0.163 e. The van der Waals surface area contributed by atoms with Crippen LogP contribution in [0.2, 0.25) is 0 Å². The molecule has 0 radical (unpaired) electrons. The zero-order valence-corrected chi connectivity index (χ0v) is 14.5. The van der Waals surface area contributed by atoms with Gasteiger partial charge in [-0.3, -0.25) is 0 Å². The summed E-state index contributed by atoms with van der Waals surface area (Å²) in [5.74, 6) is 1.68. The summed E-state index contributed by atoms with van der Waals surface area (Å²) in [7, 11) is 0. The van der Waals surface area contributed by atoms with Crippen LogP contribution in [0.25, 0.3) is 10.9 Å². The summed E-state index contributed by atoms with van der Waals surface area (Å²) in [6.45, 7) is 6.63. The number of benzene rings is 2. The van der Waals surface area contributed by atoms with Gasteiger partial charge in [-0.15, -0.1) is 0 Å². The Morgan fingerprint density at radius 3 is 2.40 bits per heavy atom. The molecule has 0 aliphatic rings. The number of nitrogens with one attached hydrogen (secondary N) is 1. The number of ether oxygens (including phenoxy) is 2. The van der Waals surface area contributed by atoms with Crippen molar-refractivity contribution in [2.24, 2.45) is 0 Å². The van der Waals surface area contributed by atoms with E-state index in [0.717, 1.165) is 16.6 Å². The second-order valence-corrected chi connectivity index (χ2v) is 5.49. The molecule has 1 N–H and O–H groups in total. The molecule has 5 nitrogen and oxygen atoms in total. The number of hydrogen-bond acceptors (Lipinski definition) is 5. The minimum atomic E-state index is -0.238. The average molecular weight is 341 g/mol. The molecule has 0 saturated heterocycles. The molecule has 25 heavy (non-hydrogen) atoms. The van der Waals surface area contributed by atoms with Crippen LogP contribution in [-0.2, 0) is 0 Å². The van der Waals surface area contributed by atoms with Crippen molar-refractivity contribution in [3.8, 4) is 11.5 Å². The number of nitrogens with zero attached hydrogens (tertiary/aromatic N) is 2. The lowest BCUT2D eigenvalue weighted by atomic mass is 10.2. The molecule has 0 atom stereocenters. The van der Waals surface area contributed by atoms with E-state index >= 15 is 0 Å². The Hall–Kier alpha value is -2.89. The molecule has 1 aromatic heterocycles. The number of aryl methyl sites for hydroxylation is 1. The molecule has 130 valence electrons. The fourth-order valence-corrected chi connectivity index (χ4v) is 2.56. The van der Waals surface area contributed by atoms with Crippen molar-refractivity contribution in [1.29, 1.82) is 0 Å². The lowest BCUT2D eigenvalue weighted by Gasteiger charge is -2.14. The summed E-state index contributed by atoms with van der Waals surface area (Å²) in [5, 5.41) is 4.02. The van der Waals surface area contributed by atoms with Gasteiger partial charge in [-0.05, 0) is 50.6 Å². The molecule has 1 heterocycles. The lowest BCUT2D eigenvalue weighted by Crippen LogP contribution is -2.01. The minimum Gasteiger partial charge on any atom is -0.490 e. The molecular weight excluding hydrogens is 321 g/mol. The first-order valence-electron chi connectivity index (χ1n) is 8.20. The van der Waals surface area contributed by atoms with Gasteiger partial charge in [0.05, 0.1) is 18.7 Å². The second-order valence-electron chi connectivity index (χ2n) is 5.49. The van der Waals surface area contributed by atoms with E-state index in [1.54, 1.807) is 19.1 Å². The zero-order valence-electron chi connectivity index (χ0n) is 14.5. The highest BCUT2D eigenvalue weighted by Crippen LogP contribution is 2.35. The van der Waals surface area contributed by atoms with Gasteiger partial charge in [0, 0.05) is 17.1 Å². The molecule has 0 saturated carbocycles. The SMILES string of the molecule is CCOc1cc2ncnc(Nc3ccc(F)c(C)c3)c2cc1OCC. The number of fused-ring (bicyclic) bond motifs is 1. The third-order valence-electron chi connectivity index (χ3n) is 3.72. The Kier molecular flexibility index (Phi) is 4.97. The highest BCUT2D eigenvalue weighted by Gasteiger charge is 2.12. The van der Waals surface area contributed by atoms with E-state index in [1.807, 2.05) is 26.0 Å². The highest BCUT2D eigenvalue weighted by atomic mass is 19.1. The summed E-state index contributed by atoms with van der Waals surface area (Å²) in [4.78, 5) is 8.63. The molecule has 0 aliphatic carbocycles. The third-order valence-corrected chi connectivity index (χ3v) is 3.72. The molecular formula is C19H20FN3O2. The van der Waals surface area contributed by atoms with E-state index in [2.05, 4.69) is 15.3 Å². The summed E-state index contributed by atoms with van der Waals surface area (Å²) >= 11 is 0. The fourth-order valence-electron chi connectivity index (χ4n) is 2.56. The van der Waals surface area contributed by atoms with Gasteiger partial charge in [0.2, 0.25) is 0 Å². The molecule has 0 fully saturated rings. The van der Waals surface area contributed by atoms with Crippen LogP contribution in [0.4, 0.5) is 15.9 Å². The second kappa shape index (κ2) is 7.34. The van der Waals surface area contributed by atoms with Crippen molar-refractivity contribution in [2.45, 2.75) is 20.8 Å². The fraction of sp³-hybridized carbons (Fsp3) is 0.263. The predicted molar refractivity (Wildman–Crippen MR) is 96.3 cm³/mol. The van der Waals surface area contributed by atoms with Crippen LogP contribution in [0.1, 0.15) is 19.4 Å². The van der Waals surface area contributed by atoms with E-state index in [1.165, 1.54) is 12.4 Å². The normalized spacial score (nSPS) is 10.7. The lowest BCUT2D eigenvalue weighted by molar-refractivity contribution is 0.288. The summed E-state index contributed by atoms with van der Waals surface area (Å²) in [6.07, 6.45) is 1.48. The monoisotopic (exact) mass is 341 g/mol. The first-order chi connectivity index (χ1) is 12.1. The number of halogens is 1. The van der Waals surface area contributed by atoms with E-state index in [4.69, 9.17) is 9.47 Å². The molecule has 6 heteroatoms. The maximum absolute atomic E-state index is 13.5. The molecule has 0 unspecified atom stereocenters. The van der Waals surface area contributed by atoms with Crippen molar-refractivity contribution in [2.75, 3.05) is 18.5 Å². The predicted octanol–water partition coefficient (Wildman–Crippen LogP) is 4.62. The first-order valence-corrected chi connectivity index (χ1v) is 8.20. The molecule has 0 bridgehead atoms. The van der Waals surface area contributed by atoms with Gasteiger partial charge in [0.15, 0.2) is 11.5 Å². The third kappa shape index (κ3) is 3.63. The van der Waals surface area contributed by atoms with Crippen molar-refractivity contribution in [1.82, 2.24) is 9.97 Å². The first kappa shape index (κ1) is 17.0. The van der Waals surface area contributed by atoms with E-state index < -0.39 is 0 Å². The Morgan fingerprint density at radius 2 is 1.72 bits per heavy atom. The molecule has 3 rings (SSSR count). The van der Waals surface area contributed by atoms with Crippen molar-refractivity contribution in [3.05, 3.63) is 48.0 Å². The minimum absolute atomic E-state index is 0.238. The quantitative estimate of drug-likeness (QED) is 0.709. The zero-order chi connectivity index (χ0) is 17.8. The highest BCUT2D eigenvalue weighted by molar-refractivity contribution is 5.93. The van der Waals surface area contributed by atoms with Crippen molar-refractivity contribution in [3.63, 3.8) is 0 Å². The van der Waals surface area contributed by atoms with Crippen LogP contribution >= 0.6 is 0 Å². The standard InChI is InChI=1S/C19H20FN3O2/c1-4-24-17-9-14-16(10-18(17)25-5-2)21-11-22-19(14)23-13-6-7-15(20)12(3)8-13/h6-11H,4-5H2,1-3H3,(H,21,22,23). The Morgan fingerprint density at radius 1 is 1.00 bits per heavy atom. The van der Waals surface area contributed by atoms with Crippen LogP contribution in [0.3, 0.4) is 0 Å². The van der Waals surface area contributed by atoms with E-state index in [0.29, 0.717) is 36.1 Å². The molecule has 0 spiro atoms. The van der Waals surface area contributed by atoms with Gasteiger partial charge >= 0.3 is 0 Å². The molecule has 0 amide bonds. The van der Waals surface area contributed by atoms with Gasteiger partial charge in [-0.2, -0.15) is 0 Å². The van der Waals surface area contributed by atoms with Crippen LogP contribution in [0.15, 0.2) is 36.7 Å². The number of aromatic nitrogens is 2. The number of anilines is 2. The van der Waals surface area contributed by atoms with E-state index in [9.17, 15) is 4.39 Å². The number of hydrogen-bond donors (Lipinski definition) is 1. The Bertz CT molecular complexity index is 899. The van der Waals surface area contributed by atoms with Gasteiger partial charge in [0.25, 0.3) is 0 Å². The Labute approximate surface area is 145 Å². The van der Waals surface area contributed by atoms with Gasteiger partial charge in [-0.1, -0.05) is 0 Å². The summed E-state index contributed by atoms with van der Waals surface area (Å²) in [5.41, 5.74) is 2.06. The molecule has 2 aromatic carbocycles. The van der Waals surface area contributed by atoms with Gasteiger partial charge in [-0.25, -0.2) is 14.4 Å². The maximum atomic E-state index is 13.5. The number of rotatable bonds is 6. The van der Waals surface area contributed by atoms with Crippen LogP contribution in [-0.4, -0.2) is 23.2 Å². The van der Waals surface area contributed by atoms with Crippen LogP contribution < -0.4 is 14.8 Å². The van der Waals surface area contributed by atoms with Crippen molar-refractivity contribution < 1.29 is 13.9 Å². The average Bonchev–Trinajstić information content (AvgIpc) is 2.60. The van der Waals surface area contributed by atoms with Gasteiger partial charge in [0.1, 0.15) is 18.0 Å². The summed E-state index contributed by atoms with van der Waals surface area (Å²) in [6, 6.07) is 8.55. The molecule has 3 aromatic rings. The van der Waals surface area contributed by atoms with Crippen LogP contribution in [0, 0.1) is 12.7 Å².